The van der Waals surface area contributed by atoms with Crippen LogP contribution in [-0.2, 0) is 4.79 Å². The summed E-state index contributed by atoms with van der Waals surface area (Å²) in [6, 6.07) is 0. The first kappa shape index (κ1) is 9.83. The van der Waals surface area contributed by atoms with Gasteiger partial charge in [0.25, 0.3) is 0 Å². The molecule has 72 valence electrons. The zero-order chi connectivity index (χ0) is 9.52. The lowest BCUT2D eigenvalue weighted by atomic mass is 10.4. The molecule has 13 heavy (non-hydrogen) atoms. The average molecular weight is 183 g/mol. The van der Waals surface area contributed by atoms with E-state index >= 15 is 0 Å². The Labute approximate surface area is 76.5 Å². The van der Waals surface area contributed by atoms with E-state index in [2.05, 4.69) is 15.3 Å². The van der Waals surface area contributed by atoms with Gasteiger partial charge in [-0.2, -0.15) is 0 Å². The first-order valence-electron chi connectivity index (χ1n) is 4.33. The molecule has 0 unspecified atom stereocenters. The Hall–Kier alpha value is -1.26. The van der Waals surface area contributed by atoms with E-state index in [1.807, 2.05) is 4.90 Å². The van der Waals surface area contributed by atoms with Crippen LogP contribution in [0.5, 0.6) is 0 Å². The van der Waals surface area contributed by atoms with Gasteiger partial charge in [0.05, 0.1) is 6.54 Å². The average Bonchev–Trinajstić information content (AvgIpc) is 2.31. The smallest absolute Gasteiger partial charge is 0.234 e. The third-order valence-electron chi connectivity index (χ3n) is 1.92. The molecule has 1 rings (SSSR count). The molecule has 0 aromatic rings. The second-order valence-corrected chi connectivity index (χ2v) is 2.93. The summed E-state index contributed by atoms with van der Waals surface area (Å²) in [5.74, 6) is 0.0541. The van der Waals surface area contributed by atoms with Gasteiger partial charge in [-0.05, 0) is 12.0 Å². The summed E-state index contributed by atoms with van der Waals surface area (Å²) in [5.41, 5.74) is 8.06. The largest absolute Gasteiger partial charge is 0.355 e. The van der Waals surface area contributed by atoms with Gasteiger partial charge in [-0.3, -0.25) is 9.69 Å². The molecular formula is C7H13N5O. The Kier molecular flexibility index (Phi) is 4.08. The minimum Gasteiger partial charge on any atom is -0.355 e. The predicted molar refractivity (Wildman–Crippen MR) is 48.1 cm³/mol. The SMILES string of the molecule is [N-]=[N+]=NCCN1CCCNC(=O)C1. The van der Waals surface area contributed by atoms with Gasteiger partial charge in [0.2, 0.25) is 5.91 Å². The molecule has 0 saturated carbocycles. The molecule has 0 spiro atoms. The highest BCUT2D eigenvalue weighted by atomic mass is 16.2. The van der Waals surface area contributed by atoms with Crippen LogP contribution in [0.25, 0.3) is 10.4 Å². The molecule has 1 aliphatic rings. The predicted octanol–water partition coefficient (Wildman–Crippen LogP) is 0.119. The summed E-state index contributed by atoms with van der Waals surface area (Å²) >= 11 is 0. The highest BCUT2D eigenvalue weighted by Crippen LogP contribution is 1.95. The maximum absolute atomic E-state index is 11.1. The van der Waals surface area contributed by atoms with Gasteiger partial charge < -0.3 is 5.32 Å². The van der Waals surface area contributed by atoms with Crippen molar-refractivity contribution < 1.29 is 4.79 Å². The van der Waals surface area contributed by atoms with Crippen molar-refractivity contribution in [3.63, 3.8) is 0 Å². The van der Waals surface area contributed by atoms with Crippen LogP contribution in [0, 0.1) is 0 Å². The fraction of sp³-hybridized carbons (Fsp3) is 0.857. The zero-order valence-electron chi connectivity index (χ0n) is 7.44. The maximum Gasteiger partial charge on any atom is 0.234 e. The Bertz CT molecular complexity index is 223. The minimum atomic E-state index is 0.0541. The van der Waals surface area contributed by atoms with Crippen molar-refractivity contribution in [1.82, 2.24) is 10.2 Å². The Balaban J connectivity index is 2.30. The van der Waals surface area contributed by atoms with E-state index in [0.29, 0.717) is 19.6 Å². The number of rotatable bonds is 3. The molecule has 0 bridgehead atoms. The van der Waals surface area contributed by atoms with Crippen LogP contribution in [0.15, 0.2) is 5.11 Å². The quantitative estimate of drug-likeness (QED) is 0.383. The third kappa shape index (κ3) is 3.78. The van der Waals surface area contributed by atoms with E-state index in [4.69, 9.17) is 5.53 Å². The van der Waals surface area contributed by atoms with E-state index < -0.39 is 0 Å². The van der Waals surface area contributed by atoms with Gasteiger partial charge in [-0.25, -0.2) is 0 Å². The first-order chi connectivity index (χ1) is 6.33. The normalized spacial score (nSPS) is 18.6. The maximum atomic E-state index is 11.1. The van der Waals surface area contributed by atoms with E-state index in [-0.39, 0.29) is 5.91 Å². The fourth-order valence-corrected chi connectivity index (χ4v) is 1.29. The molecule has 0 atom stereocenters. The number of azide groups is 1. The van der Waals surface area contributed by atoms with Crippen LogP contribution in [0.1, 0.15) is 6.42 Å². The molecule has 0 aromatic carbocycles. The molecule has 1 aliphatic heterocycles. The topological polar surface area (TPSA) is 81.1 Å². The molecule has 6 heteroatoms. The minimum absolute atomic E-state index is 0.0541. The van der Waals surface area contributed by atoms with Crippen molar-refractivity contribution in [1.29, 1.82) is 0 Å². The van der Waals surface area contributed by atoms with Gasteiger partial charge in [-0.15, -0.1) is 0 Å². The van der Waals surface area contributed by atoms with Crippen LogP contribution in [0.4, 0.5) is 0 Å². The monoisotopic (exact) mass is 183 g/mol. The molecule has 6 nitrogen and oxygen atoms in total. The molecule has 0 aliphatic carbocycles. The summed E-state index contributed by atoms with van der Waals surface area (Å²) in [6.07, 6.45) is 0.960. The van der Waals surface area contributed by atoms with E-state index in [9.17, 15) is 4.79 Å². The van der Waals surface area contributed by atoms with E-state index in [0.717, 1.165) is 19.5 Å². The number of carbonyl (C=O) groups is 1. The molecular weight excluding hydrogens is 170 g/mol. The van der Waals surface area contributed by atoms with Crippen molar-refractivity contribution in [3.8, 4) is 0 Å². The van der Waals surface area contributed by atoms with Crippen molar-refractivity contribution in [2.45, 2.75) is 6.42 Å². The Morgan fingerprint density at radius 2 is 2.54 bits per heavy atom. The lowest BCUT2D eigenvalue weighted by molar-refractivity contribution is -0.121. The standard InChI is InChI=1S/C7H13N5O/c8-11-10-3-5-12-4-1-2-9-7(13)6-12/h1-6H2,(H,9,13). The molecule has 0 radical (unpaired) electrons. The lowest BCUT2D eigenvalue weighted by Gasteiger charge is -2.16. The lowest BCUT2D eigenvalue weighted by Crippen LogP contribution is -2.34. The molecule has 1 N–H and O–H groups in total. The summed E-state index contributed by atoms with van der Waals surface area (Å²) in [5, 5.41) is 6.21. The van der Waals surface area contributed by atoms with Gasteiger partial charge in [-0.1, -0.05) is 5.11 Å². The summed E-state index contributed by atoms with van der Waals surface area (Å²) in [4.78, 5) is 15.7. The van der Waals surface area contributed by atoms with Gasteiger partial charge in [0, 0.05) is 31.1 Å². The number of hydrogen-bond donors (Lipinski definition) is 1. The van der Waals surface area contributed by atoms with Gasteiger partial charge in [0.15, 0.2) is 0 Å². The number of nitrogens with one attached hydrogen (secondary N) is 1. The summed E-state index contributed by atoms with van der Waals surface area (Å²) < 4.78 is 0. The van der Waals surface area contributed by atoms with Crippen molar-refractivity contribution in [2.24, 2.45) is 5.11 Å². The number of amides is 1. The van der Waals surface area contributed by atoms with Crippen LogP contribution < -0.4 is 5.32 Å². The molecule has 1 amide bonds. The Morgan fingerprint density at radius 3 is 3.31 bits per heavy atom. The van der Waals surface area contributed by atoms with Crippen LogP contribution >= 0.6 is 0 Å². The fourth-order valence-electron chi connectivity index (χ4n) is 1.29. The van der Waals surface area contributed by atoms with Crippen molar-refractivity contribution >= 4 is 5.91 Å². The highest BCUT2D eigenvalue weighted by Gasteiger charge is 2.12. The van der Waals surface area contributed by atoms with Gasteiger partial charge >= 0.3 is 0 Å². The number of hydrogen-bond acceptors (Lipinski definition) is 3. The van der Waals surface area contributed by atoms with E-state index in [1.165, 1.54) is 0 Å². The zero-order valence-corrected chi connectivity index (χ0v) is 7.44. The third-order valence-corrected chi connectivity index (χ3v) is 1.92. The van der Waals surface area contributed by atoms with Crippen LogP contribution in [0.3, 0.4) is 0 Å². The molecule has 0 aromatic heterocycles. The van der Waals surface area contributed by atoms with Crippen LogP contribution in [-0.4, -0.2) is 43.5 Å². The first-order valence-corrected chi connectivity index (χ1v) is 4.33. The number of nitrogens with zero attached hydrogens (tertiary/aromatic N) is 4. The highest BCUT2D eigenvalue weighted by molar-refractivity contribution is 5.78. The van der Waals surface area contributed by atoms with Gasteiger partial charge in [0.1, 0.15) is 0 Å². The Morgan fingerprint density at radius 1 is 1.69 bits per heavy atom. The van der Waals surface area contributed by atoms with E-state index in [1.54, 1.807) is 0 Å². The van der Waals surface area contributed by atoms with Crippen molar-refractivity contribution in [3.05, 3.63) is 10.4 Å². The number of carbonyl (C=O) groups excluding carboxylic acids is 1. The summed E-state index contributed by atoms with van der Waals surface area (Å²) in [7, 11) is 0. The van der Waals surface area contributed by atoms with Crippen LogP contribution in [0.2, 0.25) is 0 Å². The summed E-state index contributed by atoms with van der Waals surface area (Å²) in [6.45, 7) is 3.15. The second-order valence-electron chi connectivity index (χ2n) is 2.93. The van der Waals surface area contributed by atoms with Crippen molar-refractivity contribution in [2.75, 3.05) is 32.7 Å². The second kappa shape index (κ2) is 5.40. The molecule has 1 heterocycles. The molecule has 1 fully saturated rings. The molecule has 1 saturated heterocycles.